The molecule has 0 atom stereocenters. The third kappa shape index (κ3) is 2.72. The lowest BCUT2D eigenvalue weighted by Crippen LogP contribution is -2.28. The maximum atomic E-state index is 11.7. The van der Waals surface area contributed by atoms with Gasteiger partial charge in [0, 0.05) is 6.54 Å². The van der Waals surface area contributed by atoms with E-state index in [-0.39, 0.29) is 12.5 Å². The van der Waals surface area contributed by atoms with Gasteiger partial charge in [-0.3, -0.25) is 4.79 Å². The number of para-hydroxylation sites is 2. The second-order valence-corrected chi connectivity index (χ2v) is 4.10. The van der Waals surface area contributed by atoms with Crippen LogP contribution in [0.25, 0.3) is 11.0 Å². The zero-order valence-corrected chi connectivity index (χ0v) is 9.81. The van der Waals surface area contributed by atoms with Gasteiger partial charge >= 0.3 is 0 Å². The van der Waals surface area contributed by atoms with E-state index in [1.54, 1.807) is 6.33 Å². The first kappa shape index (κ1) is 11.4. The normalized spacial score (nSPS) is 10.4. The van der Waals surface area contributed by atoms with Gasteiger partial charge in [0.2, 0.25) is 5.91 Å². The SMILES string of the molecule is C=C(C)CNC(=O)Cn1cnc2ccccc21. The quantitative estimate of drug-likeness (QED) is 0.811. The number of carbonyl (C=O) groups is 1. The van der Waals surface area contributed by atoms with Crippen LogP contribution in [0.3, 0.4) is 0 Å². The van der Waals surface area contributed by atoms with Crippen molar-refractivity contribution in [1.82, 2.24) is 14.9 Å². The van der Waals surface area contributed by atoms with E-state index in [9.17, 15) is 4.79 Å². The average Bonchev–Trinajstić information content (AvgIpc) is 2.70. The Labute approximate surface area is 100.0 Å². The van der Waals surface area contributed by atoms with Crippen molar-refractivity contribution in [2.45, 2.75) is 13.5 Å². The Hall–Kier alpha value is -2.10. The van der Waals surface area contributed by atoms with E-state index in [0.717, 1.165) is 16.6 Å². The summed E-state index contributed by atoms with van der Waals surface area (Å²) in [5, 5.41) is 2.80. The number of rotatable bonds is 4. The lowest BCUT2D eigenvalue weighted by Gasteiger charge is -2.06. The van der Waals surface area contributed by atoms with Gasteiger partial charge in [-0.15, -0.1) is 0 Å². The fourth-order valence-electron chi connectivity index (χ4n) is 1.60. The molecule has 0 fully saturated rings. The molecule has 0 saturated heterocycles. The molecule has 0 aliphatic heterocycles. The molecule has 88 valence electrons. The minimum atomic E-state index is -0.0313. The van der Waals surface area contributed by atoms with Gasteiger partial charge in [-0.05, 0) is 19.1 Å². The number of imidazole rings is 1. The Morgan fingerprint density at radius 3 is 3.00 bits per heavy atom. The fraction of sp³-hybridized carbons (Fsp3) is 0.231. The molecule has 1 heterocycles. The van der Waals surface area contributed by atoms with Crippen molar-refractivity contribution in [3.63, 3.8) is 0 Å². The number of aromatic nitrogens is 2. The van der Waals surface area contributed by atoms with Crippen LogP contribution in [0.5, 0.6) is 0 Å². The van der Waals surface area contributed by atoms with Crippen LogP contribution >= 0.6 is 0 Å². The molecule has 2 aromatic rings. The second-order valence-electron chi connectivity index (χ2n) is 4.10. The minimum absolute atomic E-state index is 0.0313. The molecule has 0 aliphatic rings. The Balaban J connectivity index is 2.08. The number of hydrogen-bond donors (Lipinski definition) is 1. The highest BCUT2D eigenvalue weighted by Crippen LogP contribution is 2.11. The highest BCUT2D eigenvalue weighted by Gasteiger charge is 2.05. The monoisotopic (exact) mass is 229 g/mol. The van der Waals surface area contributed by atoms with Crippen LogP contribution in [-0.2, 0) is 11.3 Å². The van der Waals surface area contributed by atoms with Crippen molar-refractivity contribution < 1.29 is 4.79 Å². The summed E-state index contributed by atoms with van der Waals surface area (Å²) in [5.74, 6) is -0.0313. The molecular formula is C13H15N3O. The maximum absolute atomic E-state index is 11.7. The number of carbonyl (C=O) groups excluding carboxylic acids is 1. The third-order valence-electron chi connectivity index (χ3n) is 2.43. The molecule has 4 heteroatoms. The molecule has 4 nitrogen and oxygen atoms in total. The smallest absolute Gasteiger partial charge is 0.240 e. The third-order valence-corrected chi connectivity index (χ3v) is 2.43. The molecule has 1 amide bonds. The lowest BCUT2D eigenvalue weighted by molar-refractivity contribution is -0.121. The van der Waals surface area contributed by atoms with Crippen molar-refractivity contribution in [2.75, 3.05) is 6.54 Å². The molecule has 1 aromatic carbocycles. The summed E-state index contributed by atoms with van der Waals surface area (Å²) in [6.07, 6.45) is 1.69. The Bertz CT molecular complexity index is 557. The molecule has 0 aliphatic carbocycles. The van der Waals surface area contributed by atoms with E-state index in [1.165, 1.54) is 0 Å². The van der Waals surface area contributed by atoms with Gasteiger partial charge in [0.25, 0.3) is 0 Å². The van der Waals surface area contributed by atoms with E-state index >= 15 is 0 Å². The van der Waals surface area contributed by atoms with Crippen molar-refractivity contribution in [1.29, 1.82) is 0 Å². The summed E-state index contributed by atoms with van der Waals surface area (Å²) >= 11 is 0. The molecule has 17 heavy (non-hydrogen) atoms. The highest BCUT2D eigenvalue weighted by molar-refractivity contribution is 5.80. The fourth-order valence-corrected chi connectivity index (χ4v) is 1.60. The molecule has 2 rings (SSSR count). The first-order valence-corrected chi connectivity index (χ1v) is 5.48. The zero-order chi connectivity index (χ0) is 12.3. The van der Waals surface area contributed by atoms with Gasteiger partial charge < -0.3 is 9.88 Å². The largest absolute Gasteiger partial charge is 0.351 e. The molecule has 1 N–H and O–H groups in total. The van der Waals surface area contributed by atoms with E-state index in [2.05, 4.69) is 16.9 Å². The van der Waals surface area contributed by atoms with Crippen LogP contribution in [-0.4, -0.2) is 22.0 Å². The zero-order valence-electron chi connectivity index (χ0n) is 9.81. The average molecular weight is 229 g/mol. The van der Waals surface area contributed by atoms with Crippen LogP contribution in [0.4, 0.5) is 0 Å². The number of nitrogens with one attached hydrogen (secondary N) is 1. The first-order valence-electron chi connectivity index (χ1n) is 5.48. The second kappa shape index (κ2) is 4.82. The maximum Gasteiger partial charge on any atom is 0.240 e. The van der Waals surface area contributed by atoms with E-state index in [4.69, 9.17) is 0 Å². The predicted octanol–water partition coefficient (Wildman–Crippen LogP) is 1.73. The minimum Gasteiger partial charge on any atom is -0.351 e. The van der Waals surface area contributed by atoms with Crippen LogP contribution in [0.1, 0.15) is 6.92 Å². The Kier molecular flexibility index (Phi) is 3.23. The van der Waals surface area contributed by atoms with Crippen LogP contribution in [0.2, 0.25) is 0 Å². The first-order chi connectivity index (χ1) is 8.16. The van der Waals surface area contributed by atoms with E-state index in [0.29, 0.717) is 6.54 Å². The van der Waals surface area contributed by atoms with Gasteiger partial charge in [-0.25, -0.2) is 4.98 Å². The number of amides is 1. The number of fused-ring (bicyclic) bond motifs is 1. The van der Waals surface area contributed by atoms with E-state index in [1.807, 2.05) is 35.8 Å². The summed E-state index contributed by atoms with van der Waals surface area (Å²) in [6.45, 7) is 6.43. The summed E-state index contributed by atoms with van der Waals surface area (Å²) < 4.78 is 1.84. The molecule has 0 bridgehead atoms. The van der Waals surface area contributed by atoms with Crippen molar-refractivity contribution in [3.8, 4) is 0 Å². The van der Waals surface area contributed by atoms with Crippen LogP contribution in [0, 0.1) is 0 Å². The molecule has 0 spiro atoms. The van der Waals surface area contributed by atoms with Gasteiger partial charge in [0.05, 0.1) is 17.4 Å². The van der Waals surface area contributed by atoms with Crippen molar-refractivity contribution >= 4 is 16.9 Å². The van der Waals surface area contributed by atoms with Gasteiger partial charge in [0.15, 0.2) is 0 Å². The Morgan fingerprint density at radius 1 is 1.47 bits per heavy atom. The Morgan fingerprint density at radius 2 is 2.24 bits per heavy atom. The molecule has 0 saturated carbocycles. The molecular weight excluding hydrogens is 214 g/mol. The topological polar surface area (TPSA) is 46.9 Å². The summed E-state index contributed by atoms with van der Waals surface area (Å²) in [5.41, 5.74) is 2.81. The molecule has 0 unspecified atom stereocenters. The van der Waals surface area contributed by atoms with Crippen molar-refractivity contribution in [3.05, 3.63) is 42.7 Å². The summed E-state index contributed by atoms with van der Waals surface area (Å²) in [7, 11) is 0. The lowest BCUT2D eigenvalue weighted by atomic mass is 10.3. The van der Waals surface area contributed by atoms with Crippen LogP contribution < -0.4 is 5.32 Å². The van der Waals surface area contributed by atoms with Gasteiger partial charge in [-0.1, -0.05) is 24.3 Å². The van der Waals surface area contributed by atoms with E-state index < -0.39 is 0 Å². The molecule has 0 radical (unpaired) electrons. The number of benzene rings is 1. The molecule has 1 aromatic heterocycles. The predicted molar refractivity (Wildman–Crippen MR) is 67.6 cm³/mol. The summed E-state index contributed by atoms with van der Waals surface area (Å²) in [4.78, 5) is 15.9. The number of nitrogens with zero attached hydrogens (tertiary/aromatic N) is 2. The van der Waals surface area contributed by atoms with Gasteiger partial charge in [-0.2, -0.15) is 0 Å². The summed E-state index contributed by atoms with van der Waals surface area (Å²) in [6, 6.07) is 7.75. The standard InChI is InChI=1S/C13H15N3O/c1-10(2)7-14-13(17)8-16-9-15-11-5-3-4-6-12(11)16/h3-6,9H,1,7-8H2,2H3,(H,14,17). The highest BCUT2D eigenvalue weighted by atomic mass is 16.1. The van der Waals surface area contributed by atoms with Gasteiger partial charge in [0.1, 0.15) is 6.54 Å². The number of hydrogen-bond acceptors (Lipinski definition) is 2. The van der Waals surface area contributed by atoms with Crippen LogP contribution in [0.15, 0.2) is 42.7 Å². The van der Waals surface area contributed by atoms with Crippen molar-refractivity contribution in [2.24, 2.45) is 0 Å².